The van der Waals surface area contributed by atoms with Gasteiger partial charge in [0.25, 0.3) is 0 Å². The van der Waals surface area contributed by atoms with Crippen LogP contribution in [0.4, 0.5) is 0 Å². The second-order valence-electron chi connectivity index (χ2n) is 4.06. The molecule has 3 nitrogen and oxygen atoms in total. The molecule has 0 aliphatic carbocycles. The van der Waals surface area contributed by atoms with Gasteiger partial charge >= 0.3 is 0 Å². The van der Waals surface area contributed by atoms with Crippen LogP contribution < -0.4 is 11.5 Å². The van der Waals surface area contributed by atoms with E-state index in [2.05, 4.69) is 4.98 Å². The Bertz CT molecular complexity index is 476. The molecule has 1 heterocycles. The molecule has 0 spiro atoms. The van der Waals surface area contributed by atoms with Crippen LogP contribution in [0.2, 0.25) is 5.02 Å². The largest absolute Gasteiger partial charge is 0.361 e. The summed E-state index contributed by atoms with van der Waals surface area (Å²) in [5.41, 5.74) is 13.4. The van der Waals surface area contributed by atoms with E-state index in [1.165, 1.54) is 10.9 Å². The second kappa shape index (κ2) is 4.87. The van der Waals surface area contributed by atoms with Gasteiger partial charge in [0.2, 0.25) is 0 Å². The molecular formula is C12H16ClN3. The minimum Gasteiger partial charge on any atom is -0.361 e. The van der Waals surface area contributed by atoms with Crippen molar-refractivity contribution in [1.29, 1.82) is 0 Å². The van der Waals surface area contributed by atoms with Gasteiger partial charge in [-0.05, 0) is 43.0 Å². The predicted octanol–water partition coefficient (Wildman–Crippen LogP) is 2.39. The Morgan fingerprint density at radius 3 is 2.88 bits per heavy atom. The molecule has 0 amide bonds. The van der Waals surface area contributed by atoms with Crippen molar-refractivity contribution in [2.45, 2.75) is 25.4 Å². The molecule has 16 heavy (non-hydrogen) atoms. The maximum Gasteiger partial charge on any atom is 0.0520 e. The summed E-state index contributed by atoms with van der Waals surface area (Å²) in [6.07, 6.45) is 4.63. The standard InChI is InChI=1S/C12H16ClN3/c13-9-4-5-11-10(6-9)8(7-16-11)2-1-3-12(14)15/h4-7,12,16H,1-3,14-15H2. The zero-order chi connectivity index (χ0) is 11.5. The van der Waals surface area contributed by atoms with Crippen LogP contribution in [-0.2, 0) is 6.42 Å². The molecule has 0 aliphatic rings. The Morgan fingerprint density at radius 2 is 2.12 bits per heavy atom. The average molecular weight is 238 g/mol. The highest BCUT2D eigenvalue weighted by Crippen LogP contribution is 2.23. The van der Waals surface area contributed by atoms with Gasteiger partial charge in [-0.15, -0.1) is 0 Å². The van der Waals surface area contributed by atoms with E-state index in [1.54, 1.807) is 0 Å². The number of nitrogens with one attached hydrogen (secondary N) is 1. The molecule has 2 aromatic rings. The minimum absolute atomic E-state index is 0.214. The number of benzene rings is 1. The zero-order valence-corrected chi connectivity index (χ0v) is 9.80. The summed E-state index contributed by atoms with van der Waals surface area (Å²) in [7, 11) is 0. The minimum atomic E-state index is -0.214. The third-order valence-electron chi connectivity index (χ3n) is 2.71. The van der Waals surface area contributed by atoms with Crippen molar-refractivity contribution in [1.82, 2.24) is 4.98 Å². The highest BCUT2D eigenvalue weighted by atomic mass is 35.5. The maximum atomic E-state index is 5.98. The van der Waals surface area contributed by atoms with Crippen molar-refractivity contribution in [2.24, 2.45) is 11.5 Å². The Labute approximate surface area is 99.8 Å². The summed E-state index contributed by atoms with van der Waals surface area (Å²) in [6.45, 7) is 0. The molecular weight excluding hydrogens is 222 g/mol. The number of rotatable bonds is 4. The monoisotopic (exact) mass is 237 g/mol. The van der Waals surface area contributed by atoms with Crippen LogP contribution in [-0.4, -0.2) is 11.1 Å². The first kappa shape index (κ1) is 11.5. The van der Waals surface area contributed by atoms with Crippen LogP contribution in [0.1, 0.15) is 18.4 Å². The highest BCUT2D eigenvalue weighted by molar-refractivity contribution is 6.31. The molecule has 0 saturated carbocycles. The number of aromatic amines is 1. The first-order valence-electron chi connectivity index (χ1n) is 5.43. The Hall–Kier alpha value is -1.03. The molecule has 4 heteroatoms. The Morgan fingerprint density at radius 1 is 1.31 bits per heavy atom. The van der Waals surface area contributed by atoms with Crippen molar-refractivity contribution >= 4 is 22.5 Å². The van der Waals surface area contributed by atoms with Gasteiger partial charge in [0.05, 0.1) is 6.17 Å². The van der Waals surface area contributed by atoms with E-state index < -0.39 is 0 Å². The SMILES string of the molecule is NC(N)CCCc1c[nH]c2ccc(Cl)cc12. The van der Waals surface area contributed by atoms with Crippen LogP contribution in [0.5, 0.6) is 0 Å². The van der Waals surface area contributed by atoms with Crippen LogP contribution in [0.3, 0.4) is 0 Å². The molecule has 1 aromatic heterocycles. The van der Waals surface area contributed by atoms with Crippen LogP contribution in [0.25, 0.3) is 10.9 Å². The Kier molecular flexibility index (Phi) is 3.49. The molecule has 2 rings (SSSR count). The quantitative estimate of drug-likeness (QED) is 0.715. The first-order valence-corrected chi connectivity index (χ1v) is 5.81. The summed E-state index contributed by atoms with van der Waals surface area (Å²) in [4.78, 5) is 3.23. The van der Waals surface area contributed by atoms with Crippen molar-refractivity contribution < 1.29 is 0 Å². The number of fused-ring (bicyclic) bond motifs is 1. The molecule has 0 bridgehead atoms. The third-order valence-corrected chi connectivity index (χ3v) is 2.95. The molecule has 0 atom stereocenters. The number of H-pyrrole nitrogens is 1. The molecule has 0 unspecified atom stereocenters. The van der Waals surface area contributed by atoms with Gasteiger partial charge < -0.3 is 16.5 Å². The molecule has 0 saturated heterocycles. The lowest BCUT2D eigenvalue weighted by atomic mass is 10.1. The van der Waals surface area contributed by atoms with E-state index >= 15 is 0 Å². The van der Waals surface area contributed by atoms with E-state index in [4.69, 9.17) is 23.1 Å². The van der Waals surface area contributed by atoms with Gasteiger partial charge in [-0.25, -0.2) is 0 Å². The fourth-order valence-corrected chi connectivity index (χ4v) is 2.06. The average Bonchev–Trinajstić information content (AvgIpc) is 2.60. The third kappa shape index (κ3) is 2.55. The van der Waals surface area contributed by atoms with Gasteiger partial charge in [0, 0.05) is 22.1 Å². The highest BCUT2D eigenvalue weighted by Gasteiger charge is 2.04. The smallest absolute Gasteiger partial charge is 0.0520 e. The summed E-state index contributed by atoms with van der Waals surface area (Å²) < 4.78 is 0. The zero-order valence-electron chi connectivity index (χ0n) is 9.04. The lowest BCUT2D eigenvalue weighted by Gasteiger charge is -2.04. The van der Waals surface area contributed by atoms with Gasteiger partial charge in [-0.2, -0.15) is 0 Å². The molecule has 0 aliphatic heterocycles. The lowest BCUT2D eigenvalue weighted by molar-refractivity contribution is 0.603. The number of hydrogen-bond acceptors (Lipinski definition) is 2. The van der Waals surface area contributed by atoms with Crippen molar-refractivity contribution in [2.75, 3.05) is 0 Å². The van der Waals surface area contributed by atoms with E-state index in [0.29, 0.717) is 0 Å². The van der Waals surface area contributed by atoms with E-state index in [9.17, 15) is 0 Å². The van der Waals surface area contributed by atoms with E-state index in [0.717, 1.165) is 29.8 Å². The number of aromatic nitrogens is 1. The second-order valence-corrected chi connectivity index (χ2v) is 4.50. The lowest BCUT2D eigenvalue weighted by Crippen LogP contribution is -2.30. The normalized spacial score (nSPS) is 11.5. The number of aryl methyl sites for hydroxylation is 1. The Balaban J connectivity index is 2.15. The molecule has 0 fully saturated rings. The molecule has 0 radical (unpaired) electrons. The number of nitrogens with two attached hydrogens (primary N) is 2. The fraction of sp³-hybridized carbons (Fsp3) is 0.333. The van der Waals surface area contributed by atoms with Crippen LogP contribution >= 0.6 is 11.6 Å². The van der Waals surface area contributed by atoms with Crippen LogP contribution in [0, 0.1) is 0 Å². The van der Waals surface area contributed by atoms with Crippen molar-refractivity contribution in [3.05, 3.63) is 35.0 Å². The van der Waals surface area contributed by atoms with E-state index in [-0.39, 0.29) is 6.17 Å². The molecule has 86 valence electrons. The summed E-state index contributed by atoms with van der Waals surface area (Å²) in [5.74, 6) is 0. The summed E-state index contributed by atoms with van der Waals surface area (Å²) >= 11 is 5.98. The maximum absolute atomic E-state index is 5.98. The fourth-order valence-electron chi connectivity index (χ4n) is 1.89. The summed E-state index contributed by atoms with van der Waals surface area (Å²) in [6, 6.07) is 5.88. The van der Waals surface area contributed by atoms with Gasteiger partial charge in [-0.1, -0.05) is 11.6 Å². The summed E-state index contributed by atoms with van der Waals surface area (Å²) in [5, 5.41) is 1.96. The van der Waals surface area contributed by atoms with Gasteiger partial charge in [0.15, 0.2) is 0 Å². The van der Waals surface area contributed by atoms with Crippen molar-refractivity contribution in [3.63, 3.8) is 0 Å². The predicted molar refractivity (Wildman–Crippen MR) is 68.4 cm³/mol. The molecule has 1 aromatic carbocycles. The van der Waals surface area contributed by atoms with E-state index in [1.807, 2.05) is 24.4 Å². The van der Waals surface area contributed by atoms with Crippen molar-refractivity contribution in [3.8, 4) is 0 Å². The van der Waals surface area contributed by atoms with Crippen LogP contribution in [0.15, 0.2) is 24.4 Å². The number of hydrogen-bond donors (Lipinski definition) is 3. The number of halogens is 1. The first-order chi connectivity index (χ1) is 7.66. The topological polar surface area (TPSA) is 67.8 Å². The van der Waals surface area contributed by atoms with Gasteiger partial charge in [0.1, 0.15) is 0 Å². The molecule has 5 N–H and O–H groups in total. The van der Waals surface area contributed by atoms with Gasteiger partial charge in [-0.3, -0.25) is 0 Å².